The average molecular weight is 293 g/mol. The smallest absolute Gasteiger partial charge is 0.410 e. The second-order valence-corrected chi connectivity index (χ2v) is 6.31. The van der Waals surface area contributed by atoms with Gasteiger partial charge in [0.05, 0.1) is 6.54 Å². The summed E-state index contributed by atoms with van der Waals surface area (Å²) >= 11 is 0. The number of nitrogens with zero attached hydrogens (tertiary/aromatic N) is 1. The molecular weight excluding hydrogens is 272 g/mol. The number of aliphatic carboxylic acids is 1. The van der Waals surface area contributed by atoms with Crippen LogP contribution in [0.15, 0.2) is 0 Å². The van der Waals surface area contributed by atoms with Gasteiger partial charge in [0.1, 0.15) is 5.60 Å². The van der Waals surface area contributed by atoms with Gasteiger partial charge in [0.25, 0.3) is 5.92 Å². The average Bonchev–Trinajstić information content (AvgIpc) is 2.51. The van der Waals surface area contributed by atoms with Crippen LogP contribution < -0.4 is 0 Å². The maximum Gasteiger partial charge on any atom is 0.410 e. The van der Waals surface area contributed by atoms with E-state index in [1.54, 1.807) is 27.7 Å². The maximum atomic E-state index is 13.5. The van der Waals surface area contributed by atoms with Gasteiger partial charge in [0, 0.05) is 18.9 Å². The van der Waals surface area contributed by atoms with Crippen LogP contribution >= 0.6 is 0 Å². The molecule has 1 N–H and O–H groups in total. The Bertz CT molecular complexity index is 392. The Labute approximate surface area is 116 Å². The summed E-state index contributed by atoms with van der Waals surface area (Å²) in [5.41, 5.74) is -0.782. The number of carboxylic acids is 1. The molecule has 20 heavy (non-hydrogen) atoms. The minimum absolute atomic E-state index is 0.264. The molecule has 0 aromatic carbocycles. The second kappa shape index (κ2) is 5.54. The highest BCUT2D eigenvalue weighted by molar-refractivity contribution is 5.70. The van der Waals surface area contributed by atoms with E-state index in [1.807, 2.05) is 0 Å². The molecular formula is C13H21F2NO4. The molecule has 1 heterocycles. The van der Waals surface area contributed by atoms with Crippen molar-refractivity contribution in [3.05, 3.63) is 0 Å². The maximum absolute atomic E-state index is 13.5. The Morgan fingerprint density at radius 1 is 1.45 bits per heavy atom. The van der Waals surface area contributed by atoms with Crippen LogP contribution in [-0.2, 0) is 9.53 Å². The van der Waals surface area contributed by atoms with E-state index in [2.05, 4.69) is 0 Å². The van der Waals surface area contributed by atoms with Gasteiger partial charge in [-0.25, -0.2) is 13.6 Å². The zero-order chi connectivity index (χ0) is 15.7. The van der Waals surface area contributed by atoms with Crippen molar-refractivity contribution in [1.82, 2.24) is 4.90 Å². The van der Waals surface area contributed by atoms with E-state index in [4.69, 9.17) is 9.84 Å². The summed E-state index contributed by atoms with van der Waals surface area (Å²) in [6.45, 7) is 5.77. The first-order valence-electron chi connectivity index (χ1n) is 6.50. The van der Waals surface area contributed by atoms with Crippen LogP contribution in [0.2, 0.25) is 0 Å². The van der Waals surface area contributed by atoms with Crippen LogP contribution in [0.4, 0.5) is 13.6 Å². The molecule has 1 aliphatic rings. The normalized spacial score (nSPS) is 23.5. The summed E-state index contributed by atoms with van der Waals surface area (Å²) in [5.74, 6) is -4.64. The topological polar surface area (TPSA) is 66.8 Å². The van der Waals surface area contributed by atoms with Crippen LogP contribution in [0.3, 0.4) is 0 Å². The minimum Gasteiger partial charge on any atom is -0.481 e. The summed E-state index contributed by atoms with van der Waals surface area (Å²) in [6, 6.07) is -0.823. The number of carbonyl (C=O) groups is 2. The lowest BCUT2D eigenvalue weighted by Gasteiger charge is -2.30. The molecule has 5 nitrogen and oxygen atoms in total. The number of carbonyl (C=O) groups excluding carboxylic acids is 1. The molecule has 0 radical (unpaired) electrons. The van der Waals surface area contributed by atoms with Crippen LogP contribution in [0.1, 0.15) is 40.5 Å². The number of likely N-dealkylation sites (tertiary alicyclic amines) is 1. The molecule has 2 unspecified atom stereocenters. The molecule has 7 heteroatoms. The third-order valence-electron chi connectivity index (χ3n) is 3.09. The van der Waals surface area contributed by atoms with Crippen molar-refractivity contribution < 1.29 is 28.2 Å². The highest BCUT2D eigenvalue weighted by atomic mass is 19.3. The van der Waals surface area contributed by atoms with Crippen molar-refractivity contribution in [1.29, 1.82) is 0 Å². The third kappa shape index (κ3) is 4.61. The molecule has 0 spiro atoms. The number of carboxylic acid groups (broad SMARTS) is 1. The summed E-state index contributed by atoms with van der Waals surface area (Å²) < 4.78 is 32.2. The number of alkyl halides is 2. The summed E-state index contributed by atoms with van der Waals surface area (Å²) in [5, 5.41) is 8.76. The van der Waals surface area contributed by atoms with Crippen molar-refractivity contribution in [3.8, 4) is 0 Å². The van der Waals surface area contributed by atoms with Crippen molar-refractivity contribution in [2.24, 2.45) is 5.92 Å². The Hall–Kier alpha value is -1.40. The Kier molecular flexibility index (Phi) is 4.61. The molecule has 1 fully saturated rings. The monoisotopic (exact) mass is 293 g/mol. The van der Waals surface area contributed by atoms with Crippen LogP contribution in [-0.4, -0.2) is 46.2 Å². The standard InChI is InChI=1S/C13H21F2NO4/c1-8(5-10(17)18)9-6-13(14,15)7-16(9)11(19)20-12(2,3)4/h8-9H,5-7H2,1-4H3,(H,17,18). The fourth-order valence-electron chi connectivity index (χ4n) is 2.29. The van der Waals surface area contributed by atoms with Crippen LogP contribution in [0, 0.1) is 5.92 Å². The van der Waals surface area contributed by atoms with Gasteiger partial charge in [-0.1, -0.05) is 6.92 Å². The number of halogens is 2. The molecule has 1 aliphatic heterocycles. The Morgan fingerprint density at radius 3 is 2.45 bits per heavy atom. The van der Waals surface area contributed by atoms with E-state index in [1.165, 1.54) is 0 Å². The van der Waals surface area contributed by atoms with E-state index in [-0.39, 0.29) is 6.42 Å². The van der Waals surface area contributed by atoms with Crippen molar-refractivity contribution >= 4 is 12.1 Å². The number of hydrogen-bond acceptors (Lipinski definition) is 3. The van der Waals surface area contributed by atoms with Gasteiger partial charge in [0.2, 0.25) is 0 Å². The van der Waals surface area contributed by atoms with E-state index in [9.17, 15) is 18.4 Å². The zero-order valence-electron chi connectivity index (χ0n) is 12.2. The third-order valence-corrected chi connectivity index (χ3v) is 3.09. The predicted octanol–water partition coefficient (Wildman–Crippen LogP) is 2.74. The molecule has 0 aromatic heterocycles. The van der Waals surface area contributed by atoms with E-state index < -0.39 is 48.5 Å². The van der Waals surface area contributed by atoms with Gasteiger partial charge in [-0.15, -0.1) is 0 Å². The SMILES string of the molecule is CC(CC(=O)O)C1CC(F)(F)CN1C(=O)OC(C)(C)C. The first-order chi connectivity index (χ1) is 8.91. The molecule has 1 saturated heterocycles. The zero-order valence-corrected chi connectivity index (χ0v) is 12.2. The highest BCUT2D eigenvalue weighted by Crippen LogP contribution is 2.37. The lowest BCUT2D eigenvalue weighted by atomic mass is 9.96. The molecule has 0 aliphatic carbocycles. The second-order valence-electron chi connectivity index (χ2n) is 6.31. The van der Waals surface area contributed by atoms with Gasteiger partial charge in [-0.05, 0) is 26.7 Å². The van der Waals surface area contributed by atoms with Gasteiger partial charge < -0.3 is 9.84 Å². The van der Waals surface area contributed by atoms with Gasteiger partial charge in [-0.3, -0.25) is 9.69 Å². The van der Waals surface area contributed by atoms with Gasteiger partial charge in [0.15, 0.2) is 0 Å². The lowest BCUT2D eigenvalue weighted by Crippen LogP contribution is -2.43. The molecule has 2 atom stereocenters. The number of hydrogen-bond donors (Lipinski definition) is 1. The van der Waals surface area contributed by atoms with Crippen molar-refractivity contribution in [3.63, 3.8) is 0 Å². The van der Waals surface area contributed by atoms with E-state index in [0.717, 1.165) is 4.90 Å². The largest absolute Gasteiger partial charge is 0.481 e. The van der Waals surface area contributed by atoms with E-state index >= 15 is 0 Å². The predicted molar refractivity (Wildman–Crippen MR) is 67.7 cm³/mol. The van der Waals surface area contributed by atoms with E-state index in [0.29, 0.717) is 0 Å². The summed E-state index contributed by atoms with van der Waals surface area (Å²) in [6.07, 6.45) is -1.61. The van der Waals surface area contributed by atoms with Crippen LogP contribution in [0.25, 0.3) is 0 Å². The van der Waals surface area contributed by atoms with Gasteiger partial charge in [-0.2, -0.15) is 0 Å². The van der Waals surface area contributed by atoms with Crippen molar-refractivity contribution in [2.75, 3.05) is 6.54 Å². The quantitative estimate of drug-likeness (QED) is 0.869. The first kappa shape index (κ1) is 16.7. The minimum atomic E-state index is -3.01. The Balaban J connectivity index is 2.85. The molecule has 1 rings (SSSR count). The Morgan fingerprint density at radius 2 is 2.00 bits per heavy atom. The molecule has 116 valence electrons. The number of rotatable bonds is 3. The van der Waals surface area contributed by atoms with Crippen LogP contribution in [0.5, 0.6) is 0 Å². The van der Waals surface area contributed by atoms with Gasteiger partial charge >= 0.3 is 12.1 Å². The highest BCUT2D eigenvalue weighted by Gasteiger charge is 2.50. The fourth-order valence-corrected chi connectivity index (χ4v) is 2.29. The number of amides is 1. The van der Waals surface area contributed by atoms with Crippen molar-refractivity contribution in [2.45, 2.75) is 58.1 Å². The fraction of sp³-hybridized carbons (Fsp3) is 0.846. The molecule has 0 aromatic rings. The number of ether oxygens (including phenoxy) is 1. The molecule has 0 saturated carbocycles. The molecule has 1 amide bonds. The summed E-state index contributed by atoms with van der Waals surface area (Å²) in [7, 11) is 0. The summed E-state index contributed by atoms with van der Waals surface area (Å²) in [4.78, 5) is 23.6. The molecule has 0 bridgehead atoms. The lowest BCUT2D eigenvalue weighted by molar-refractivity contribution is -0.138. The first-order valence-corrected chi connectivity index (χ1v) is 6.50.